The quantitative estimate of drug-likeness (QED) is 0.859. The fraction of sp³-hybridized carbons (Fsp3) is 0.444. The van der Waals surface area contributed by atoms with Crippen LogP contribution in [0.15, 0.2) is 11.0 Å². The lowest BCUT2D eigenvalue weighted by Gasteiger charge is -2.20. The van der Waals surface area contributed by atoms with Gasteiger partial charge in [0.1, 0.15) is 15.3 Å². The van der Waals surface area contributed by atoms with Crippen LogP contribution in [0.5, 0.6) is 0 Å². The van der Waals surface area contributed by atoms with Crippen LogP contribution >= 0.6 is 34.5 Å². The van der Waals surface area contributed by atoms with Gasteiger partial charge in [-0.05, 0) is 6.07 Å². The minimum atomic E-state index is -4.09. The predicted octanol–water partition coefficient (Wildman–Crippen LogP) is 1.26. The van der Waals surface area contributed by atoms with Crippen molar-refractivity contribution in [3.63, 3.8) is 0 Å². The first-order chi connectivity index (χ1) is 8.73. The molecule has 1 aromatic rings. The monoisotopic (exact) mass is 345 g/mol. The van der Waals surface area contributed by atoms with Gasteiger partial charge in [-0.15, -0.1) is 11.3 Å². The Hall–Kier alpha value is -0.380. The average Bonchev–Trinajstić information content (AvgIpc) is 2.82. The van der Waals surface area contributed by atoms with Crippen molar-refractivity contribution in [1.29, 1.82) is 0 Å². The highest BCUT2D eigenvalue weighted by atomic mass is 35.5. The van der Waals surface area contributed by atoms with E-state index < -0.39 is 28.1 Å². The summed E-state index contributed by atoms with van der Waals surface area (Å²) in [5.41, 5.74) is 0. The van der Waals surface area contributed by atoms with Gasteiger partial charge in [0.05, 0.1) is 10.4 Å². The number of nitrogens with zero attached hydrogens (tertiary/aromatic N) is 1. The first-order valence-corrected chi connectivity index (χ1v) is 8.12. The molecule has 6 nitrogen and oxygen atoms in total. The van der Waals surface area contributed by atoms with Gasteiger partial charge in [-0.1, -0.05) is 23.2 Å². The second-order valence-electron chi connectivity index (χ2n) is 4.01. The predicted molar refractivity (Wildman–Crippen MR) is 70.3 cm³/mol. The zero-order chi connectivity index (χ0) is 14.4. The van der Waals surface area contributed by atoms with E-state index in [9.17, 15) is 18.3 Å². The van der Waals surface area contributed by atoms with Crippen molar-refractivity contribution in [2.24, 2.45) is 0 Å². The molecule has 0 spiro atoms. The Balaban J connectivity index is 2.44. The molecular weight excluding hydrogens is 337 g/mol. The van der Waals surface area contributed by atoms with Crippen LogP contribution in [0.4, 0.5) is 0 Å². The molecule has 1 fully saturated rings. The zero-order valence-electron chi connectivity index (χ0n) is 9.29. The Kier molecular flexibility index (Phi) is 4.10. The molecule has 1 aliphatic heterocycles. The molecule has 10 heteroatoms. The topological polar surface area (TPSA) is 94.9 Å². The summed E-state index contributed by atoms with van der Waals surface area (Å²) in [6.45, 7) is -0.275. The Morgan fingerprint density at radius 3 is 2.58 bits per heavy atom. The number of hydrogen-bond acceptors (Lipinski definition) is 5. The van der Waals surface area contributed by atoms with Gasteiger partial charge in [-0.2, -0.15) is 4.31 Å². The fourth-order valence-corrected chi connectivity index (χ4v) is 5.65. The van der Waals surface area contributed by atoms with E-state index in [0.717, 1.165) is 15.6 Å². The third-order valence-corrected chi connectivity index (χ3v) is 6.36. The molecule has 0 amide bonds. The van der Waals surface area contributed by atoms with Crippen LogP contribution in [-0.4, -0.2) is 47.6 Å². The van der Waals surface area contributed by atoms with E-state index >= 15 is 0 Å². The molecule has 0 aliphatic carbocycles. The van der Waals surface area contributed by atoms with Gasteiger partial charge < -0.3 is 10.2 Å². The summed E-state index contributed by atoms with van der Waals surface area (Å²) in [6, 6.07) is -0.122. The van der Waals surface area contributed by atoms with Crippen molar-refractivity contribution in [2.45, 2.75) is 23.5 Å². The summed E-state index contributed by atoms with van der Waals surface area (Å²) in [6.07, 6.45) is -1.16. The lowest BCUT2D eigenvalue weighted by Crippen LogP contribution is -2.40. The van der Waals surface area contributed by atoms with Gasteiger partial charge in [0.2, 0.25) is 10.0 Å². The number of rotatable bonds is 3. The van der Waals surface area contributed by atoms with Gasteiger partial charge in [0, 0.05) is 13.0 Å². The third-order valence-electron chi connectivity index (χ3n) is 2.73. The van der Waals surface area contributed by atoms with E-state index in [-0.39, 0.29) is 26.5 Å². The summed E-state index contributed by atoms with van der Waals surface area (Å²) in [5.74, 6) is -1.31. The van der Waals surface area contributed by atoms with E-state index in [1.54, 1.807) is 0 Å². The maximum Gasteiger partial charge on any atom is 0.322 e. The second-order valence-corrected chi connectivity index (χ2v) is 8.15. The van der Waals surface area contributed by atoms with Crippen LogP contribution in [0.3, 0.4) is 0 Å². The van der Waals surface area contributed by atoms with Crippen molar-refractivity contribution in [3.05, 3.63) is 14.7 Å². The molecule has 2 rings (SSSR count). The third kappa shape index (κ3) is 2.74. The van der Waals surface area contributed by atoms with Crippen molar-refractivity contribution >= 4 is 50.5 Å². The van der Waals surface area contributed by atoms with Crippen LogP contribution in [0.25, 0.3) is 0 Å². The van der Waals surface area contributed by atoms with Crippen molar-refractivity contribution in [3.8, 4) is 0 Å². The van der Waals surface area contributed by atoms with Crippen LogP contribution in [0, 0.1) is 0 Å². The minimum absolute atomic E-state index is 0.0319. The highest BCUT2D eigenvalue weighted by molar-refractivity contribution is 7.89. The number of aliphatic carboxylic acids is 1. The molecule has 1 aromatic heterocycles. The number of aliphatic hydroxyl groups is 1. The molecule has 106 valence electrons. The van der Waals surface area contributed by atoms with Crippen LogP contribution in [-0.2, 0) is 14.8 Å². The molecule has 0 aromatic carbocycles. The highest BCUT2D eigenvalue weighted by Gasteiger charge is 2.44. The molecule has 0 bridgehead atoms. The summed E-state index contributed by atoms with van der Waals surface area (Å²) in [7, 11) is -4.09. The Labute approximate surface area is 123 Å². The Morgan fingerprint density at radius 2 is 2.11 bits per heavy atom. The largest absolute Gasteiger partial charge is 0.480 e. The second kappa shape index (κ2) is 5.19. The summed E-state index contributed by atoms with van der Waals surface area (Å²) in [4.78, 5) is 10.8. The normalized spacial score (nSPS) is 24.8. The molecule has 0 unspecified atom stereocenters. The molecule has 1 aliphatic rings. The van der Waals surface area contributed by atoms with E-state index in [2.05, 4.69) is 0 Å². The van der Waals surface area contributed by atoms with E-state index in [1.807, 2.05) is 0 Å². The van der Waals surface area contributed by atoms with Crippen LogP contribution in [0.2, 0.25) is 8.67 Å². The number of thiophene rings is 1. The van der Waals surface area contributed by atoms with Gasteiger partial charge in [0.25, 0.3) is 0 Å². The number of carboxylic acids is 1. The van der Waals surface area contributed by atoms with Crippen molar-refractivity contribution in [2.75, 3.05) is 6.54 Å². The molecular formula is C9H9Cl2NO5S2. The van der Waals surface area contributed by atoms with Crippen molar-refractivity contribution < 1.29 is 23.4 Å². The molecule has 2 N–H and O–H groups in total. The number of halogens is 2. The van der Waals surface area contributed by atoms with E-state index in [0.29, 0.717) is 0 Å². The molecule has 1 saturated heterocycles. The maximum atomic E-state index is 12.3. The van der Waals surface area contributed by atoms with Crippen molar-refractivity contribution in [1.82, 2.24) is 4.31 Å². The fourth-order valence-electron chi connectivity index (χ4n) is 1.90. The maximum absolute atomic E-state index is 12.3. The average molecular weight is 346 g/mol. The number of aliphatic hydroxyl groups excluding tert-OH is 1. The number of β-amino-alcohol motifs (C(OH)–C–C–N with tert-alkyl or cyclic N) is 1. The Morgan fingerprint density at radius 1 is 1.47 bits per heavy atom. The summed E-state index contributed by atoms with van der Waals surface area (Å²) >= 11 is 12.4. The lowest BCUT2D eigenvalue weighted by molar-refractivity contribution is -0.140. The molecule has 2 atom stereocenters. The molecule has 0 radical (unpaired) electrons. The standard InChI is InChI=1S/C9H9Cl2NO5S2/c10-7-2-6(8(11)18-7)19(16,17)12-3-4(13)1-5(12)9(14)15/h2,4-5,13H,1,3H2,(H,14,15)/t4-,5-/m1/s1. The summed E-state index contributed by atoms with van der Waals surface area (Å²) in [5, 5.41) is 18.5. The smallest absolute Gasteiger partial charge is 0.322 e. The SMILES string of the molecule is O=C(O)[C@H]1C[C@@H](O)CN1S(=O)(=O)c1cc(Cl)sc1Cl. The number of carbonyl (C=O) groups is 1. The first kappa shape index (κ1) is 15.0. The zero-order valence-corrected chi connectivity index (χ0v) is 12.4. The lowest BCUT2D eigenvalue weighted by atomic mass is 10.2. The minimum Gasteiger partial charge on any atom is -0.480 e. The summed E-state index contributed by atoms with van der Waals surface area (Å²) < 4.78 is 25.6. The Bertz CT molecular complexity index is 614. The highest BCUT2D eigenvalue weighted by Crippen LogP contribution is 2.37. The molecule has 2 heterocycles. The van der Waals surface area contributed by atoms with Gasteiger partial charge in [-0.3, -0.25) is 4.79 Å². The molecule has 19 heavy (non-hydrogen) atoms. The van der Waals surface area contributed by atoms with Gasteiger partial charge in [-0.25, -0.2) is 8.42 Å². The van der Waals surface area contributed by atoms with E-state index in [4.69, 9.17) is 28.3 Å². The van der Waals surface area contributed by atoms with Crippen LogP contribution in [0.1, 0.15) is 6.42 Å². The van der Waals surface area contributed by atoms with Gasteiger partial charge >= 0.3 is 5.97 Å². The number of carboxylic acid groups (broad SMARTS) is 1. The number of sulfonamides is 1. The van der Waals surface area contributed by atoms with Crippen LogP contribution < -0.4 is 0 Å². The molecule has 0 saturated carbocycles. The van der Waals surface area contributed by atoms with Gasteiger partial charge in [0.15, 0.2) is 0 Å². The first-order valence-electron chi connectivity index (χ1n) is 5.11. The number of hydrogen-bond donors (Lipinski definition) is 2. The van der Waals surface area contributed by atoms with E-state index in [1.165, 1.54) is 6.07 Å².